The number of amides is 2. The lowest BCUT2D eigenvalue weighted by Crippen LogP contribution is -2.53. The molecule has 24 heavy (non-hydrogen) atoms. The number of likely N-dealkylation sites (tertiary alicyclic amines) is 1. The molecule has 1 aromatic rings. The standard InChI is InChI=1S/C18H28N4O2/c1-2-21-15-16(5-6-17(21)23)18(24)22-13-11-20(12-14-22)10-9-19-7-3-4-8-19/h3-4,7-8,16H,2,5-6,9-15H2,1H3/t16-/m1/s1. The predicted molar refractivity (Wildman–Crippen MR) is 92.4 cm³/mol. The minimum Gasteiger partial charge on any atom is -0.353 e. The third-order valence-corrected chi connectivity index (χ3v) is 5.26. The number of piperazine rings is 1. The van der Waals surface area contributed by atoms with E-state index < -0.39 is 0 Å². The summed E-state index contributed by atoms with van der Waals surface area (Å²) in [6.45, 7) is 8.80. The third kappa shape index (κ3) is 3.98. The molecule has 2 amide bonds. The first-order chi connectivity index (χ1) is 11.7. The molecule has 0 unspecified atom stereocenters. The molecule has 6 nitrogen and oxygen atoms in total. The normalized spacial score (nSPS) is 22.9. The molecule has 0 spiro atoms. The average molecular weight is 332 g/mol. The summed E-state index contributed by atoms with van der Waals surface area (Å²) in [5, 5.41) is 0. The van der Waals surface area contributed by atoms with E-state index in [-0.39, 0.29) is 17.7 Å². The molecule has 2 saturated heterocycles. The van der Waals surface area contributed by atoms with E-state index in [9.17, 15) is 9.59 Å². The molecule has 0 bridgehead atoms. The van der Waals surface area contributed by atoms with Gasteiger partial charge in [0.1, 0.15) is 0 Å². The molecule has 132 valence electrons. The molecule has 3 rings (SSSR count). The number of carbonyl (C=O) groups excluding carboxylic acids is 2. The van der Waals surface area contributed by atoms with E-state index in [1.807, 2.05) is 28.9 Å². The molecular weight excluding hydrogens is 304 g/mol. The highest BCUT2D eigenvalue weighted by Gasteiger charge is 2.33. The molecule has 1 atom stereocenters. The Bertz CT molecular complexity index is 549. The monoisotopic (exact) mass is 332 g/mol. The van der Waals surface area contributed by atoms with Crippen molar-refractivity contribution in [3.8, 4) is 0 Å². The highest BCUT2D eigenvalue weighted by Crippen LogP contribution is 2.20. The maximum absolute atomic E-state index is 12.7. The second-order valence-corrected chi connectivity index (χ2v) is 6.76. The minimum absolute atomic E-state index is 0.00549. The van der Waals surface area contributed by atoms with Gasteiger partial charge in [-0.25, -0.2) is 0 Å². The van der Waals surface area contributed by atoms with Gasteiger partial charge in [-0.1, -0.05) is 0 Å². The van der Waals surface area contributed by atoms with Crippen molar-refractivity contribution in [2.24, 2.45) is 5.92 Å². The summed E-state index contributed by atoms with van der Waals surface area (Å²) in [6, 6.07) is 4.09. The molecule has 1 aromatic heterocycles. The van der Waals surface area contributed by atoms with Crippen LogP contribution in [0.1, 0.15) is 19.8 Å². The number of aromatic nitrogens is 1. The van der Waals surface area contributed by atoms with Crippen molar-refractivity contribution in [1.82, 2.24) is 19.3 Å². The Hall–Kier alpha value is -1.82. The Kier molecular flexibility index (Phi) is 5.56. The average Bonchev–Trinajstić information content (AvgIpc) is 3.14. The first-order valence-corrected chi connectivity index (χ1v) is 9.07. The van der Waals surface area contributed by atoms with Crippen LogP contribution in [0.5, 0.6) is 0 Å². The van der Waals surface area contributed by atoms with Crippen LogP contribution in [-0.4, -0.2) is 76.9 Å². The third-order valence-electron chi connectivity index (χ3n) is 5.26. The molecule has 0 N–H and O–H groups in total. The van der Waals surface area contributed by atoms with Crippen molar-refractivity contribution >= 4 is 11.8 Å². The van der Waals surface area contributed by atoms with Crippen molar-refractivity contribution < 1.29 is 9.59 Å². The van der Waals surface area contributed by atoms with Crippen molar-refractivity contribution in [2.75, 3.05) is 45.8 Å². The van der Waals surface area contributed by atoms with Gasteiger partial charge in [-0.2, -0.15) is 0 Å². The van der Waals surface area contributed by atoms with Gasteiger partial charge in [0, 0.05) is 71.2 Å². The van der Waals surface area contributed by atoms with E-state index in [1.54, 1.807) is 0 Å². The lowest BCUT2D eigenvalue weighted by molar-refractivity contribution is -0.144. The van der Waals surface area contributed by atoms with E-state index in [4.69, 9.17) is 0 Å². The first kappa shape index (κ1) is 17.0. The molecule has 0 saturated carbocycles. The summed E-state index contributed by atoms with van der Waals surface area (Å²) in [5.74, 6) is 0.427. The van der Waals surface area contributed by atoms with Crippen LogP contribution >= 0.6 is 0 Å². The first-order valence-electron chi connectivity index (χ1n) is 9.07. The highest BCUT2D eigenvalue weighted by atomic mass is 16.2. The number of nitrogens with zero attached hydrogens (tertiary/aromatic N) is 4. The molecule has 2 aliphatic rings. The Morgan fingerprint density at radius 1 is 1.12 bits per heavy atom. The summed E-state index contributed by atoms with van der Waals surface area (Å²) in [4.78, 5) is 30.8. The number of rotatable bonds is 5. The molecule has 2 fully saturated rings. The molecule has 6 heteroatoms. The van der Waals surface area contributed by atoms with Gasteiger partial charge in [-0.3, -0.25) is 14.5 Å². The zero-order valence-corrected chi connectivity index (χ0v) is 14.6. The number of hydrogen-bond donors (Lipinski definition) is 0. The van der Waals surface area contributed by atoms with Crippen molar-refractivity contribution in [1.29, 1.82) is 0 Å². The minimum atomic E-state index is -0.00549. The Labute approximate surface area is 144 Å². The topological polar surface area (TPSA) is 48.8 Å². The van der Waals surface area contributed by atoms with Crippen LogP contribution in [0, 0.1) is 5.92 Å². The fraction of sp³-hybridized carbons (Fsp3) is 0.667. The van der Waals surface area contributed by atoms with Gasteiger partial charge in [-0.05, 0) is 25.5 Å². The molecule has 0 aliphatic carbocycles. The van der Waals surface area contributed by atoms with Crippen LogP contribution in [0.25, 0.3) is 0 Å². The summed E-state index contributed by atoms with van der Waals surface area (Å²) in [5.41, 5.74) is 0. The maximum atomic E-state index is 12.7. The lowest BCUT2D eigenvalue weighted by atomic mass is 9.95. The van der Waals surface area contributed by atoms with Gasteiger partial charge < -0.3 is 14.4 Å². The van der Waals surface area contributed by atoms with E-state index in [0.717, 1.165) is 39.3 Å². The molecule has 0 radical (unpaired) electrons. The van der Waals surface area contributed by atoms with Crippen LogP contribution in [0.3, 0.4) is 0 Å². The second-order valence-electron chi connectivity index (χ2n) is 6.76. The van der Waals surface area contributed by atoms with Crippen molar-refractivity contribution in [3.63, 3.8) is 0 Å². The van der Waals surface area contributed by atoms with Crippen LogP contribution in [-0.2, 0) is 16.1 Å². The SMILES string of the molecule is CCN1C[C@H](C(=O)N2CCN(CCn3cccc3)CC2)CCC1=O. The summed E-state index contributed by atoms with van der Waals surface area (Å²) in [7, 11) is 0. The Morgan fingerprint density at radius 3 is 2.50 bits per heavy atom. The van der Waals surface area contributed by atoms with Gasteiger partial charge >= 0.3 is 0 Å². The quantitative estimate of drug-likeness (QED) is 0.805. The largest absolute Gasteiger partial charge is 0.353 e. The van der Waals surface area contributed by atoms with E-state index >= 15 is 0 Å². The molecule has 2 aliphatic heterocycles. The molecular formula is C18H28N4O2. The van der Waals surface area contributed by atoms with Gasteiger partial charge in [0.25, 0.3) is 0 Å². The van der Waals surface area contributed by atoms with Crippen LogP contribution in [0.2, 0.25) is 0 Å². The number of piperidine rings is 1. The highest BCUT2D eigenvalue weighted by molar-refractivity contribution is 5.84. The fourth-order valence-electron chi connectivity index (χ4n) is 3.65. The van der Waals surface area contributed by atoms with Crippen LogP contribution in [0.15, 0.2) is 24.5 Å². The van der Waals surface area contributed by atoms with Gasteiger partial charge in [0.05, 0.1) is 5.92 Å². The summed E-state index contributed by atoms with van der Waals surface area (Å²) < 4.78 is 2.19. The molecule has 3 heterocycles. The van der Waals surface area contributed by atoms with Crippen LogP contribution in [0.4, 0.5) is 0 Å². The zero-order valence-electron chi connectivity index (χ0n) is 14.6. The zero-order chi connectivity index (χ0) is 16.9. The van der Waals surface area contributed by atoms with Crippen molar-refractivity contribution in [3.05, 3.63) is 24.5 Å². The van der Waals surface area contributed by atoms with Crippen LogP contribution < -0.4 is 0 Å². The van der Waals surface area contributed by atoms with Gasteiger partial charge in [0.15, 0.2) is 0 Å². The van der Waals surface area contributed by atoms with Gasteiger partial charge in [0.2, 0.25) is 11.8 Å². The van der Waals surface area contributed by atoms with E-state index in [0.29, 0.717) is 25.9 Å². The lowest BCUT2D eigenvalue weighted by Gasteiger charge is -2.38. The number of carbonyl (C=O) groups is 2. The smallest absolute Gasteiger partial charge is 0.227 e. The Balaban J connectivity index is 1.44. The maximum Gasteiger partial charge on any atom is 0.227 e. The Morgan fingerprint density at radius 2 is 1.83 bits per heavy atom. The predicted octanol–water partition coefficient (Wildman–Crippen LogP) is 0.891. The fourth-order valence-corrected chi connectivity index (χ4v) is 3.65. The van der Waals surface area contributed by atoms with E-state index in [1.165, 1.54) is 0 Å². The molecule has 0 aromatic carbocycles. The second kappa shape index (κ2) is 7.83. The van der Waals surface area contributed by atoms with E-state index in [2.05, 4.69) is 21.9 Å². The van der Waals surface area contributed by atoms with Crippen molar-refractivity contribution in [2.45, 2.75) is 26.3 Å². The summed E-state index contributed by atoms with van der Waals surface area (Å²) >= 11 is 0. The summed E-state index contributed by atoms with van der Waals surface area (Å²) in [6.07, 6.45) is 5.40. The number of hydrogen-bond acceptors (Lipinski definition) is 3. The van der Waals surface area contributed by atoms with Gasteiger partial charge in [-0.15, -0.1) is 0 Å².